The van der Waals surface area contributed by atoms with Crippen LogP contribution in [0.2, 0.25) is 0 Å². The van der Waals surface area contributed by atoms with Gasteiger partial charge in [0, 0.05) is 63.6 Å². The fourth-order valence-electron chi connectivity index (χ4n) is 13.5. The number of aliphatic hydroxyl groups is 4. The molecule has 102 heavy (non-hydrogen) atoms. The van der Waals surface area contributed by atoms with E-state index in [4.69, 9.17) is 18.9 Å². The zero-order valence-corrected chi connectivity index (χ0v) is 67.0. The van der Waals surface area contributed by atoms with E-state index in [0.29, 0.717) is 23.7 Å². The van der Waals surface area contributed by atoms with Gasteiger partial charge in [0.25, 0.3) is 0 Å². The third kappa shape index (κ3) is 53.4. The number of hydrogen-bond acceptors (Lipinski definition) is 20. The first-order valence-electron chi connectivity index (χ1n) is 40.9. The van der Waals surface area contributed by atoms with E-state index in [0.717, 1.165) is 255 Å². The molecule has 1 heterocycles. The Bertz CT molecular complexity index is 1880. The van der Waals surface area contributed by atoms with Gasteiger partial charge in [0.05, 0.1) is 76.5 Å². The zero-order valence-electron chi connectivity index (χ0n) is 65.4. The second-order valence-corrected chi connectivity index (χ2v) is 31.7. The van der Waals surface area contributed by atoms with Gasteiger partial charge in [-0.1, -0.05) is 284 Å². The van der Waals surface area contributed by atoms with E-state index in [1.807, 2.05) is 0 Å². The first-order valence-corrected chi connectivity index (χ1v) is 42.9. The first-order chi connectivity index (χ1) is 49.2. The molecule has 0 spiro atoms. The van der Waals surface area contributed by atoms with E-state index in [2.05, 4.69) is 66.0 Å². The van der Waals surface area contributed by atoms with E-state index in [9.17, 15) is 58.8 Å². The van der Waals surface area contributed by atoms with Crippen molar-refractivity contribution in [1.29, 1.82) is 0 Å². The summed E-state index contributed by atoms with van der Waals surface area (Å²) in [7, 11) is 0. The molecule has 0 aliphatic carbocycles. The Hall–Kier alpha value is -3.38. The molecule has 6 N–H and O–H groups in total. The molecule has 1 fully saturated rings. The highest BCUT2D eigenvalue weighted by Gasteiger charge is 2.36. The van der Waals surface area contributed by atoms with Gasteiger partial charge in [0.15, 0.2) is 10.2 Å². The van der Waals surface area contributed by atoms with Gasteiger partial charge in [-0.25, -0.2) is 0 Å². The van der Waals surface area contributed by atoms with Crippen LogP contribution in [0.25, 0.3) is 0 Å². The van der Waals surface area contributed by atoms with Crippen LogP contribution in [0.4, 0.5) is 0 Å². The number of hydrogen-bond donors (Lipinski definition) is 6. The first kappa shape index (κ1) is 96.6. The van der Waals surface area contributed by atoms with E-state index in [1.165, 1.54) is 0 Å². The topological polar surface area (TPSA) is 285 Å². The number of esters is 4. The monoisotopic (exact) mass is 1490 g/mol. The molecular formula is C80H148N4O16S2. The average molecular weight is 1490 g/mol. The Morgan fingerprint density at radius 2 is 0.549 bits per heavy atom. The lowest BCUT2D eigenvalue weighted by Gasteiger charge is -2.29. The summed E-state index contributed by atoms with van der Waals surface area (Å²) in [6.45, 7) is 18.5. The number of aliphatic hydroxyl groups excluding tert-OH is 4. The van der Waals surface area contributed by atoms with Crippen LogP contribution >= 0.6 is 23.5 Å². The third-order valence-electron chi connectivity index (χ3n) is 19.7. The molecule has 2 amide bonds. The smallest absolute Gasteiger partial charge is 0.308 e. The SMILES string of the molecule is CCCCCC(CCCCC)CCOC(=O)CC(O)CN(CCSC(=O)CC1NC(=O)C(CC(=O)SCCN(CC(O)CC(=O)OCCC(CCCCC)CCCCC)CC(O)CC(=O)OCCC(CCCCC)CCCCC)NC1=O)CC(O)CC(=O)OCCC(CCCCC)CCCCC. The van der Waals surface area contributed by atoms with Crippen LogP contribution in [0.15, 0.2) is 0 Å². The standard InChI is InChI=1S/C80H148N4O16S2/c1-9-17-25-33-63(34-26-18-10-2)41-47-97-73(89)53-67(85)59-83(60-68(86)54-74(90)98-48-42-64(35-27-19-11-3)36-28-20-12-4)45-51-101-77(93)57-71-79(95)82-72(80(96)81-71)58-78(94)102-52-46-84(61-69(87)55-75(91)99-49-43-65(37-29-21-13-5)38-30-22-14-6)62-70(88)56-76(92)100-50-44-66(39-31-23-15-7)40-32-24-16-8/h63-72,85-88H,9-62H2,1-8H3,(H,81,96)(H,82,95). The minimum atomic E-state index is -1.22. The van der Waals surface area contributed by atoms with Crippen molar-refractivity contribution < 1.29 is 77.7 Å². The lowest BCUT2D eigenvalue weighted by atomic mass is 9.92. The summed E-state index contributed by atoms with van der Waals surface area (Å²) in [5.74, 6) is -1.31. The highest BCUT2D eigenvalue weighted by atomic mass is 32.2. The number of carbonyl (C=O) groups excluding carboxylic acids is 8. The van der Waals surface area contributed by atoms with Crippen LogP contribution < -0.4 is 10.6 Å². The molecule has 22 heteroatoms. The largest absolute Gasteiger partial charge is 0.466 e. The maximum Gasteiger partial charge on any atom is 0.308 e. The summed E-state index contributed by atoms with van der Waals surface area (Å²) in [4.78, 5) is 109. The number of piperazine rings is 1. The van der Waals surface area contributed by atoms with Crippen molar-refractivity contribution in [3.8, 4) is 0 Å². The number of rotatable bonds is 70. The van der Waals surface area contributed by atoms with Crippen molar-refractivity contribution in [2.75, 3.05) is 77.2 Å². The molecule has 1 aliphatic heterocycles. The van der Waals surface area contributed by atoms with Crippen LogP contribution in [0.1, 0.15) is 325 Å². The van der Waals surface area contributed by atoms with E-state index < -0.39 is 82.4 Å². The van der Waals surface area contributed by atoms with Crippen molar-refractivity contribution in [1.82, 2.24) is 20.4 Å². The van der Waals surface area contributed by atoms with Crippen LogP contribution in [0.3, 0.4) is 0 Å². The molecule has 0 bridgehead atoms. The molecule has 6 atom stereocenters. The Morgan fingerprint density at radius 1 is 0.343 bits per heavy atom. The second kappa shape index (κ2) is 64.8. The molecule has 20 nitrogen and oxygen atoms in total. The third-order valence-corrected chi connectivity index (χ3v) is 21.5. The highest BCUT2D eigenvalue weighted by molar-refractivity contribution is 8.13. The van der Waals surface area contributed by atoms with Gasteiger partial charge < -0.3 is 50.0 Å². The van der Waals surface area contributed by atoms with Crippen molar-refractivity contribution >= 4 is 69.4 Å². The zero-order chi connectivity index (χ0) is 75.4. The summed E-state index contributed by atoms with van der Waals surface area (Å²) in [6.07, 6.45) is 32.6. The number of carbonyl (C=O) groups is 8. The molecule has 0 radical (unpaired) electrons. The van der Waals surface area contributed by atoms with E-state index >= 15 is 0 Å². The molecule has 0 saturated carbocycles. The summed E-state index contributed by atoms with van der Waals surface area (Å²) in [6, 6.07) is -2.43. The second-order valence-electron chi connectivity index (χ2n) is 29.4. The number of amides is 2. The van der Waals surface area contributed by atoms with Gasteiger partial charge >= 0.3 is 23.9 Å². The number of ether oxygens (including phenoxy) is 4. The Morgan fingerprint density at radius 3 is 0.745 bits per heavy atom. The van der Waals surface area contributed by atoms with Crippen LogP contribution in [-0.2, 0) is 57.3 Å². The molecule has 596 valence electrons. The fourth-order valence-corrected chi connectivity index (χ4v) is 15.2. The van der Waals surface area contributed by atoms with Gasteiger partial charge in [-0.3, -0.25) is 48.2 Å². The average Bonchev–Trinajstić information content (AvgIpc) is 0.835. The highest BCUT2D eigenvalue weighted by Crippen LogP contribution is 2.26. The van der Waals surface area contributed by atoms with Crippen molar-refractivity contribution in [3.05, 3.63) is 0 Å². The molecule has 0 aromatic heterocycles. The predicted molar refractivity (Wildman–Crippen MR) is 413 cm³/mol. The van der Waals surface area contributed by atoms with Gasteiger partial charge in [-0.15, -0.1) is 0 Å². The summed E-state index contributed by atoms with van der Waals surface area (Å²) < 4.78 is 22.5. The van der Waals surface area contributed by atoms with Gasteiger partial charge in [0.2, 0.25) is 11.8 Å². The Kier molecular flexibility index (Phi) is 61.4. The number of nitrogens with zero attached hydrogens (tertiary/aromatic N) is 2. The summed E-state index contributed by atoms with van der Waals surface area (Å²) in [5.41, 5.74) is 0. The van der Waals surface area contributed by atoms with Crippen molar-refractivity contribution in [2.45, 2.75) is 362 Å². The quantitative estimate of drug-likeness (QED) is 0.0187. The van der Waals surface area contributed by atoms with Gasteiger partial charge in [-0.05, 0) is 49.4 Å². The predicted octanol–water partition coefficient (Wildman–Crippen LogP) is 14.7. The van der Waals surface area contributed by atoms with Gasteiger partial charge in [-0.2, -0.15) is 0 Å². The lowest BCUT2D eigenvalue weighted by Crippen LogP contribution is -2.62. The molecular weight excluding hydrogens is 1340 g/mol. The summed E-state index contributed by atoms with van der Waals surface area (Å²) in [5, 5.41) is 49.3. The number of nitrogens with one attached hydrogen (secondary N) is 2. The van der Waals surface area contributed by atoms with Crippen LogP contribution in [-0.4, -0.2) is 190 Å². The Labute approximate surface area is 626 Å². The minimum Gasteiger partial charge on any atom is -0.466 e. The Balaban J connectivity index is 3.04. The molecule has 1 rings (SSSR count). The van der Waals surface area contributed by atoms with E-state index in [-0.39, 0.29) is 116 Å². The van der Waals surface area contributed by atoms with Crippen LogP contribution in [0, 0.1) is 23.7 Å². The minimum absolute atomic E-state index is 0.0674. The van der Waals surface area contributed by atoms with Crippen LogP contribution in [0.5, 0.6) is 0 Å². The normalized spacial score (nSPS) is 15.3. The van der Waals surface area contributed by atoms with Crippen molar-refractivity contribution in [3.63, 3.8) is 0 Å². The van der Waals surface area contributed by atoms with Crippen molar-refractivity contribution in [2.24, 2.45) is 23.7 Å². The maximum atomic E-state index is 13.5. The molecule has 0 aromatic carbocycles. The fraction of sp³-hybridized carbons (Fsp3) is 0.900. The summed E-state index contributed by atoms with van der Waals surface area (Å²) >= 11 is 1.79. The molecule has 1 saturated heterocycles. The number of unbranched alkanes of at least 4 members (excludes halogenated alkanes) is 16. The molecule has 0 aromatic rings. The van der Waals surface area contributed by atoms with E-state index in [1.54, 1.807) is 9.80 Å². The maximum absolute atomic E-state index is 13.5. The molecule has 1 aliphatic rings. The number of thioether (sulfide) groups is 2. The van der Waals surface area contributed by atoms with Gasteiger partial charge in [0.1, 0.15) is 12.1 Å². The lowest BCUT2D eigenvalue weighted by molar-refractivity contribution is -0.148. The molecule has 6 unspecified atom stereocenters.